The SMILES string of the molecule is CCC1CCOB(C)OCCC1C. The minimum atomic E-state index is -0.0113. The first kappa shape index (κ1) is 11.1. The number of hydrogen-bond donors (Lipinski definition) is 0. The molecule has 0 aromatic carbocycles. The lowest BCUT2D eigenvalue weighted by Crippen LogP contribution is -2.19. The quantitative estimate of drug-likeness (QED) is 0.583. The Kier molecular flexibility index (Phi) is 4.82. The Bertz CT molecular complexity index is 141. The highest BCUT2D eigenvalue weighted by Gasteiger charge is 2.20. The molecule has 1 fully saturated rings. The molecular weight excluding hydrogens is 163 g/mol. The van der Waals surface area contributed by atoms with Gasteiger partial charge in [-0.1, -0.05) is 20.3 Å². The molecule has 0 bridgehead atoms. The van der Waals surface area contributed by atoms with Gasteiger partial charge in [-0.3, -0.25) is 0 Å². The van der Waals surface area contributed by atoms with Crippen LogP contribution in [-0.4, -0.2) is 20.3 Å². The summed E-state index contributed by atoms with van der Waals surface area (Å²) in [7, 11) is -0.0113. The second-order valence-corrected chi connectivity index (χ2v) is 4.03. The molecule has 3 heteroatoms. The molecule has 2 atom stereocenters. The van der Waals surface area contributed by atoms with E-state index in [0.29, 0.717) is 0 Å². The zero-order valence-electron chi connectivity index (χ0n) is 9.08. The Morgan fingerprint density at radius 2 is 1.85 bits per heavy atom. The first-order valence-corrected chi connectivity index (χ1v) is 5.47. The van der Waals surface area contributed by atoms with E-state index in [2.05, 4.69) is 13.8 Å². The van der Waals surface area contributed by atoms with Crippen molar-refractivity contribution in [1.29, 1.82) is 0 Å². The molecule has 2 nitrogen and oxygen atoms in total. The lowest BCUT2D eigenvalue weighted by atomic mass is 9.87. The minimum absolute atomic E-state index is 0.0113. The van der Waals surface area contributed by atoms with Crippen LogP contribution in [0.3, 0.4) is 0 Å². The summed E-state index contributed by atoms with van der Waals surface area (Å²) in [6.45, 7) is 8.27. The molecule has 1 rings (SSSR count). The summed E-state index contributed by atoms with van der Waals surface area (Å²) in [5.41, 5.74) is 0. The van der Waals surface area contributed by atoms with Crippen LogP contribution in [0, 0.1) is 11.8 Å². The van der Waals surface area contributed by atoms with Gasteiger partial charge in [0, 0.05) is 13.2 Å². The fraction of sp³-hybridized carbons (Fsp3) is 1.00. The molecule has 1 aliphatic rings. The van der Waals surface area contributed by atoms with Crippen LogP contribution in [0.25, 0.3) is 0 Å². The average Bonchev–Trinajstić information content (AvgIpc) is 2.18. The first-order chi connectivity index (χ1) is 6.24. The van der Waals surface area contributed by atoms with Crippen LogP contribution in [0.1, 0.15) is 33.1 Å². The van der Waals surface area contributed by atoms with E-state index in [0.717, 1.165) is 25.0 Å². The standard InChI is InChI=1S/C10H21BO2/c1-4-10-6-8-13-11(3)12-7-5-9(10)2/h9-10H,4-8H2,1-3H3. The molecule has 0 aromatic rings. The third-order valence-electron chi connectivity index (χ3n) is 3.10. The molecule has 0 radical (unpaired) electrons. The molecule has 0 aromatic heterocycles. The van der Waals surface area contributed by atoms with Crippen LogP contribution in [0.2, 0.25) is 6.82 Å². The maximum atomic E-state index is 5.52. The van der Waals surface area contributed by atoms with Crippen LogP contribution in [0.5, 0.6) is 0 Å². The predicted molar refractivity (Wildman–Crippen MR) is 55.7 cm³/mol. The van der Waals surface area contributed by atoms with E-state index in [4.69, 9.17) is 9.31 Å². The highest BCUT2D eigenvalue weighted by atomic mass is 16.6. The van der Waals surface area contributed by atoms with Crippen LogP contribution < -0.4 is 0 Å². The predicted octanol–water partition coefficient (Wildman–Crippen LogP) is 2.59. The fourth-order valence-electron chi connectivity index (χ4n) is 1.98. The van der Waals surface area contributed by atoms with Gasteiger partial charge in [-0.05, 0) is 31.5 Å². The molecule has 0 aliphatic carbocycles. The molecule has 0 amide bonds. The van der Waals surface area contributed by atoms with Crippen LogP contribution in [-0.2, 0) is 9.31 Å². The van der Waals surface area contributed by atoms with E-state index >= 15 is 0 Å². The second kappa shape index (κ2) is 5.66. The largest absolute Gasteiger partial charge is 0.453 e. The van der Waals surface area contributed by atoms with Gasteiger partial charge in [-0.25, -0.2) is 0 Å². The molecule has 0 saturated carbocycles. The molecular formula is C10H21BO2. The molecule has 1 saturated heterocycles. The fourth-order valence-corrected chi connectivity index (χ4v) is 1.98. The highest BCUT2D eigenvalue weighted by molar-refractivity contribution is 6.42. The van der Waals surface area contributed by atoms with E-state index in [9.17, 15) is 0 Å². The van der Waals surface area contributed by atoms with Gasteiger partial charge in [-0.15, -0.1) is 0 Å². The van der Waals surface area contributed by atoms with Crippen molar-refractivity contribution < 1.29 is 9.31 Å². The Balaban J connectivity index is 2.41. The molecule has 1 aliphatic heterocycles. The Morgan fingerprint density at radius 1 is 1.23 bits per heavy atom. The molecule has 13 heavy (non-hydrogen) atoms. The zero-order chi connectivity index (χ0) is 9.68. The summed E-state index contributed by atoms with van der Waals surface area (Å²) in [6.07, 6.45) is 3.62. The van der Waals surface area contributed by atoms with E-state index < -0.39 is 0 Å². The summed E-state index contributed by atoms with van der Waals surface area (Å²) < 4.78 is 11.0. The van der Waals surface area contributed by atoms with Crippen molar-refractivity contribution in [2.75, 3.05) is 13.2 Å². The maximum absolute atomic E-state index is 5.52. The molecule has 0 N–H and O–H groups in total. The minimum Gasteiger partial charge on any atom is -0.411 e. The summed E-state index contributed by atoms with van der Waals surface area (Å²) in [4.78, 5) is 0. The molecule has 0 spiro atoms. The molecule has 1 heterocycles. The Labute approximate surface area is 82.1 Å². The van der Waals surface area contributed by atoms with E-state index in [1.165, 1.54) is 19.3 Å². The second-order valence-electron chi connectivity index (χ2n) is 4.03. The smallest absolute Gasteiger partial charge is 0.411 e. The maximum Gasteiger partial charge on any atom is 0.453 e. The van der Waals surface area contributed by atoms with Gasteiger partial charge in [0.15, 0.2) is 0 Å². The van der Waals surface area contributed by atoms with Gasteiger partial charge in [-0.2, -0.15) is 0 Å². The van der Waals surface area contributed by atoms with Crippen molar-refractivity contribution in [1.82, 2.24) is 0 Å². The van der Waals surface area contributed by atoms with Crippen LogP contribution in [0.4, 0.5) is 0 Å². The number of rotatable bonds is 1. The van der Waals surface area contributed by atoms with Gasteiger partial charge in [0.05, 0.1) is 0 Å². The van der Waals surface area contributed by atoms with E-state index in [1.807, 2.05) is 6.82 Å². The van der Waals surface area contributed by atoms with Crippen molar-refractivity contribution in [3.05, 3.63) is 0 Å². The van der Waals surface area contributed by atoms with Gasteiger partial charge in [0.1, 0.15) is 0 Å². The van der Waals surface area contributed by atoms with E-state index in [1.54, 1.807) is 0 Å². The van der Waals surface area contributed by atoms with Gasteiger partial charge in [0.2, 0.25) is 0 Å². The van der Waals surface area contributed by atoms with Gasteiger partial charge >= 0.3 is 7.12 Å². The van der Waals surface area contributed by atoms with Crippen molar-refractivity contribution in [3.63, 3.8) is 0 Å². The summed E-state index contributed by atoms with van der Waals surface area (Å²) in [6, 6.07) is 0. The first-order valence-electron chi connectivity index (χ1n) is 5.47. The lowest BCUT2D eigenvalue weighted by Gasteiger charge is -2.20. The lowest BCUT2D eigenvalue weighted by molar-refractivity contribution is 0.205. The summed E-state index contributed by atoms with van der Waals surface area (Å²) in [5, 5.41) is 0. The van der Waals surface area contributed by atoms with Crippen molar-refractivity contribution in [3.8, 4) is 0 Å². The molecule has 76 valence electrons. The third-order valence-corrected chi connectivity index (χ3v) is 3.10. The van der Waals surface area contributed by atoms with Crippen LogP contribution in [0.15, 0.2) is 0 Å². The highest BCUT2D eigenvalue weighted by Crippen LogP contribution is 2.23. The Hall–Kier alpha value is -0.0151. The van der Waals surface area contributed by atoms with Gasteiger partial charge < -0.3 is 9.31 Å². The van der Waals surface area contributed by atoms with Crippen molar-refractivity contribution in [2.45, 2.75) is 39.9 Å². The van der Waals surface area contributed by atoms with Gasteiger partial charge in [0.25, 0.3) is 0 Å². The van der Waals surface area contributed by atoms with Crippen LogP contribution >= 0.6 is 0 Å². The van der Waals surface area contributed by atoms with E-state index in [-0.39, 0.29) is 7.12 Å². The van der Waals surface area contributed by atoms with Crippen molar-refractivity contribution in [2.24, 2.45) is 11.8 Å². The third kappa shape index (κ3) is 3.69. The monoisotopic (exact) mass is 184 g/mol. The Morgan fingerprint density at radius 3 is 2.46 bits per heavy atom. The zero-order valence-corrected chi connectivity index (χ0v) is 9.08. The normalized spacial score (nSPS) is 32.1. The van der Waals surface area contributed by atoms with Crippen molar-refractivity contribution >= 4 is 7.12 Å². The molecule has 2 unspecified atom stereocenters. The number of hydrogen-bond acceptors (Lipinski definition) is 2. The topological polar surface area (TPSA) is 18.5 Å². The summed E-state index contributed by atoms with van der Waals surface area (Å²) >= 11 is 0. The average molecular weight is 184 g/mol. The summed E-state index contributed by atoms with van der Waals surface area (Å²) in [5.74, 6) is 1.59.